The van der Waals surface area contributed by atoms with Crippen molar-refractivity contribution in [3.05, 3.63) is 0 Å². The zero-order valence-corrected chi connectivity index (χ0v) is 20.4. The lowest BCUT2D eigenvalue weighted by Crippen LogP contribution is -2.49. The van der Waals surface area contributed by atoms with Crippen molar-refractivity contribution in [2.75, 3.05) is 4.43 Å². The minimum atomic E-state index is 0.703. The summed E-state index contributed by atoms with van der Waals surface area (Å²) in [6.07, 6.45) is 23.3. The molecule has 0 aromatic rings. The van der Waals surface area contributed by atoms with E-state index in [1.165, 1.54) is 43.0 Å². The fourth-order valence-electron chi connectivity index (χ4n) is 8.76. The van der Waals surface area contributed by atoms with Crippen molar-refractivity contribution in [3.8, 4) is 0 Å². The lowest BCUT2D eigenvalue weighted by atomic mass is 9.50. The van der Waals surface area contributed by atoms with Crippen molar-refractivity contribution < 1.29 is 0 Å². The van der Waals surface area contributed by atoms with Gasteiger partial charge in [-0.3, -0.25) is 0 Å². The largest absolute Gasteiger partial charge is 0.0861 e. The number of rotatable bonds is 5. The van der Waals surface area contributed by atoms with Crippen LogP contribution in [0.25, 0.3) is 0 Å². The molecule has 0 N–H and O–H groups in total. The molecule has 0 radical (unpaired) electrons. The molecule has 0 spiro atoms. The summed E-state index contributed by atoms with van der Waals surface area (Å²) in [5.74, 6) is 7.29. The summed E-state index contributed by atoms with van der Waals surface area (Å²) in [5.41, 5.74) is 0.703. The molecule has 4 aliphatic rings. The second-order valence-electron chi connectivity index (χ2n) is 11.5. The number of halogens is 1. The van der Waals surface area contributed by atoms with Gasteiger partial charge in [0, 0.05) is 4.43 Å². The fourth-order valence-corrected chi connectivity index (χ4v) is 9.94. The van der Waals surface area contributed by atoms with Gasteiger partial charge in [0.15, 0.2) is 0 Å². The van der Waals surface area contributed by atoms with Crippen LogP contribution >= 0.6 is 22.6 Å². The SMILES string of the molecule is CC1CC(C)C(CC2CCC(C3CCCC3)CC2)(C2CCCC2)C(CI)C1. The average Bonchev–Trinajstić information content (AvgIpc) is 3.38. The Balaban J connectivity index is 1.46. The first kappa shape index (κ1) is 21.0. The maximum Gasteiger partial charge on any atom is 0.00293 e. The number of alkyl halides is 1. The topological polar surface area (TPSA) is 0 Å². The molecule has 0 saturated heterocycles. The van der Waals surface area contributed by atoms with Gasteiger partial charge in [0.1, 0.15) is 0 Å². The van der Waals surface area contributed by atoms with Gasteiger partial charge >= 0.3 is 0 Å². The van der Waals surface area contributed by atoms with Gasteiger partial charge in [0.05, 0.1) is 0 Å². The Morgan fingerprint density at radius 1 is 0.741 bits per heavy atom. The third kappa shape index (κ3) is 4.29. The molecule has 4 saturated carbocycles. The van der Waals surface area contributed by atoms with Crippen LogP contribution < -0.4 is 0 Å². The normalized spacial score (nSPS) is 44.8. The van der Waals surface area contributed by atoms with Crippen LogP contribution in [0.3, 0.4) is 0 Å². The van der Waals surface area contributed by atoms with Crippen molar-refractivity contribution in [3.63, 3.8) is 0 Å². The van der Waals surface area contributed by atoms with Crippen molar-refractivity contribution in [1.82, 2.24) is 0 Å². The molecule has 27 heavy (non-hydrogen) atoms. The van der Waals surface area contributed by atoms with Crippen molar-refractivity contribution >= 4 is 22.6 Å². The van der Waals surface area contributed by atoms with Crippen molar-refractivity contribution in [2.24, 2.45) is 46.8 Å². The summed E-state index contributed by atoms with van der Waals surface area (Å²) in [4.78, 5) is 0. The van der Waals surface area contributed by atoms with Gasteiger partial charge in [0.2, 0.25) is 0 Å². The third-order valence-electron chi connectivity index (χ3n) is 10.0. The highest BCUT2D eigenvalue weighted by atomic mass is 127. The zero-order valence-electron chi connectivity index (χ0n) is 18.2. The average molecular weight is 485 g/mol. The predicted molar refractivity (Wildman–Crippen MR) is 126 cm³/mol. The molecule has 4 unspecified atom stereocenters. The van der Waals surface area contributed by atoms with E-state index in [-0.39, 0.29) is 0 Å². The summed E-state index contributed by atoms with van der Waals surface area (Å²) in [5, 5.41) is 0. The molecule has 1 heteroatoms. The van der Waals surface area contributed by atoms with Gasteiger partial charge in [-0.25, -0.2) is 0 Å². The minimum absolute atomic E-state index is 0.703. The van der Waals surface area contributed by atoms with Crippen molar-refractivity contribution in [1.29, 1.82) is 0 Å². The Hall–Kier alpha value is 0.730. The molecule has 4 atom stereocenters. The van der Waals surface area contributed by atoms with E-state index in [0.717, 1.165) is 41.4 Å². The van der Waals surface area contributed by atoms with Crippen LogP contribution in [-0.4, -0.2) is 4.43 Å². The van der Waals surface area contributed by atoms with E-state index >= 15 is 0 Å². The van der Waals surface area contributed by atoms with Crippen LogP contribution in [0.15, 0.2) is 0 Å². The molecule has 0 aromatic heterocycles. The maximum atomic E-state index is 2.76. The van der Waals surface area contributed by atoms with Gasteiger partial charge in [-0.1, -0.05) is 87.8 Å². The molecular weight excluding hydrogens is 439 g/mol. The monoisotopic (exact) mass is 484 g/mol. The van der Waals surface area contributed by atoms with E-state index in [1.807, 2.05) is 0 Å². The van der Waals surface area contributed by atoms with Gasteiger partial charge < -0.3 is 0 Å². The molecule has 0 amide bonds. The van der Waals surface area contributed by atoms with E-state index < -0.39 is 0 Å². The van der Waals surface area contributed by atoms with E-state index in [4.69, 9.17) is 0 Å². The first-order valence-corrected chi connectivity index (χ1v) is 14.2. The first-order chi connectivity index (χ1) is 13.1. The van der Waals surface area contributed by atoms with Gasteiger partial charge in [-0.05, 0) is 91.8 Å². The van der Waals surface area contributed by atoms with Crippen LogP contribution in [0, 0.1) is 46.8 Å². The summed E-state index contributed by atoms with van der Waals surface area (Å²) >= 11 is 2.76. The Bertz CT molecular complexity index is 453. The second kappa shape index (κ2) is 9.25. The summed E-state index contributed by atoms with van der Waals surface area (Å²) in [6.45, 7) is 5.22. The van der Waals surface area contributed by atoms with Crippen LogP contribution in [0.2, 0.25) is 0 Å². The lowest BCUT2D eigenvalue weighted by Gasteiger charge is -2.56. The molecule has 0 nitrogen and oxygen atoms in total. The fraction of sp³-hybridized carbons (Fsp3) is 1.00. The summed E-state index contributed by atoms with van der Waals surface area (Å²) in [7, 11) is 0. The first-order valence-electron chi connectivity index (χ1n) is 12.7. The highest BCUT2D eigenvalue weighted by Crippen LogP contribution is 2.61. The Kier molecular flexibility index (Phi) is 7.19. The van der Waals surface area contributed by atoms with Crippen LogP contribution in [-0.2, 0) is 0 Å². The predicted octanol–water partition coefficient (Wildman–Crippen LogP) is 8.67. The molecule has 156 valence electrons. The van der Waals surface area contributed by atoms with Crippen LogP contribution in [0.5, 0.6) is 0 Å². The standard InChI is InChI=1S/C26H45I/c1-19-15-20(2)26(25(16-19)18-27,24-9-5-6-10-24)17-21-11-13-23(14-12-21)22-7-3-4-8-22/h19-25H,3-18H2,1-2H3. The minimum Gasteiger partial charge on any atom is -0.0861 e. The molecule has 0 bridgehead atoms. The quantitative estimate of drug-likeness (QED) is 0.271. The zero-order chi connectivity index (χ0) is 18.9. The molecule has 4 rings (SSSR count). The Morgan fingerprint density at radius 3 is 1.96 bits per heavy atom. The molecule has 4 aliphatic carbocycles. The second-order valence-corrected chi connectivity index (χ2v) is 12.3. The highest BCUT2D eigenvalue weighted by molar-refractivity contribution is 14.1. The Morgan fingerprint density at radius 2 is 1.33 bits per heavy atom. The van der Waals surface area contributed by atoms with Gasteiger partial charge in [-0.15, -0.1) is 0 Å². The molecule has 0 aromatic carbocycles. The Labute approximate surface area is 183 Å². The molecule has 0 aliphatic heterocycles. The molecule has 0 heterocycles. The smallest absolute Gasteiger partial charge is 0.00293 e. The van der Waals surface area contributed by atoms with E-state index in [2.05, 4.69) is 36.4 Å². The maximum absolute atomic E-state index is 2.76. The van der Waals surface area contributed by atoms with E-state index in [1.54, 1.807) is 57.8 Å². The molecular formula is C26H45I. The summed E-state index contributed by atoms with van der Waals surface area (Å²) < 4.78 is 1.42. The number of hydrogen-bond donors (Lipinski definition) is 0. The van der Waals surface area contributed by atoms with Gasteiger partial charge in [0.25, 0.3) is 0 Å². The summed E-state index contributed by atoms with van der Waals surface area (Å²) in [6, 6.07) is 0. The third-order valence-corrected chi connectivity index (χ3v) is 11.1. The van der Waals surface area contributed by atoms with Crippen LogP contribution in [0.1, 0.15) is 110 Å². The van der Waals surface area contributed by atoms with Crippen molar-refractivity contribution in [2.45, 2.75) is 110 Å². The highest BCUT2D eigenvalue weighted by Gasteiger charge is 2.52. The lowest BCUT2D eigenvalue weighted by molar-refractivity contribution is -0.0581. The van der Waals surface area contributed by atoms with E-state index in [9.17, 15) is 0 Å². The van der Waals surface area contributed by atoms with Crippen LogP contribution in [0.4, 0.5) is 0 Å². The van der Waals surface area contributed by atoms with Gasteiger partial charge in [-0.2, -0.15) is 0 Å². The van der Waals surface area contributed by atoms with E-state index in [0.29, 0.717) is 5.41 Å². The molecule has 4 fully saturated rings. The number of hydrogen-bond acceptors (Lipinski definition) is 0.